The maximum atomic E-state index is 5.22. The molecule has 1 heteroatoms. The molecule has 0 aromatic carbocycles. The van der Waals surface area contributed by atoms with Crippen LogP contribution >= 0.6 is 0 Å². The van der Waals surface area contributed by atoms with E-state index in [1.807, 2.05) is 13.8 Å². The van der Waals surface area contributed by atoms with E-state index >= 15 is 0 Å². The molecule has 0 saturated carbocycles. The first kappa shape index (κ1) is 12.6. The maximum Gasteiger partial charge on any atom is 0.0465 e. The second kappa shape index (κ2) is 16.0. The van der Waals surface area contributed by atoms with Crippen molar-refractivity contribution in [2.24, 2.45) is 0 Å². The minimum absolute atomic E-state index is 0.931. The van der Waals surface area contributed by atoms with Crippen LogP contribution in [-0.4, -0.2) is 13.2 Å². The molecule has 0 radical (unpaired) electrons. The Kier molecular flexibility index (Phi) is 20.2. The van der Waals surface area contributed by atoms with Gasteiger partial charge < -0.3 is 4.74 Å². The van der Waals surface area contributed by atoms with E-state index < -0.39 is 0 Å². The summed E-state index contributed by atoms with van der Waals surface area (Å²) in [7, 11) is 0. The average molecular weight is 146 g/mol. The largest absolute Gasteiger partial charge is 0.381 e. The summed E-state index contributed by atoms with van der Waals surface area (Å²) in [5.41, 5.74) is 0. The predicted octanol–water partition coefficient (Wildman–Crippen LogP) is 3.24. The quantitative estimate of drug-likeness (QED) is 0.541. The van der Waals surface area contributed by atoms with Crippen LogP contribution in [0.4, 0.5) is 0 Å². The fourth-order valence-corrected chi connectivity index (χ4v) is 0.493. The lowest BCUT2D eigenvalue weighted by Crippen LogP contribution is -1.93. The molecule has 0 bridgehead atoms. The lowest BCUT2D eigenvalue weighted by molar-refractivity contribution is 0.132. The summed E-state index contributed by atoms with van der Waals surface area (Å²) in [5, 5.41) is 0. The molecule has 10 heavy (non-hydrogen) atoms. The Hall–Kier alpha value is -0.0400. The van der Waals surface area contributed by atoms with Crippen molar-refractivity contribution in [2.45, 2.75) is 47.0 Å². The van der Waals surface area contributed by atoms with Gasteiger partial charge in [0.15, 0.2) is 0 Å². The molecule has 0 aromatic heterocycles. The monoisotopic (exact) mass is 146 g/mol. The van der Waals surface area contributed by atoms with Gasteiger partial charge in [0.05, 0.1) is 0 Å². The molecule has 0 aliphatic rings. The summed E-state index contributed by atoms with van der Waals surface area (Å²) in [6.07, 6.45) is 3.59. The van der Waals surface area contributed by atoms with E-state index in [9.17, 15) is 0 Å². The van der Waals surface area contributed by atoms with E-state index in [-0.39, 0.29) is 0 Å². The van der Waals surface area contributed by atoms with Crippen molar-refractivity contribution in [3.63, 3.8) is 0 Å². The third-order valence-electron chi connectivity index (χ3n) is 0.991. The highest BCUT2D eigenvalue weighted by molar-refractivity contribution is 4.30. The van der Waals surface area contributed by atoms with Gasteiger partial charge in [-0.15, -0.1) is 0 Å². The minimum Gasteiger partial charge on any atom is -0.381 e. The Morgan fingerprint density at radius 2 is 1.50 bits per heavy atom. The zero-order valence-electron chi connectivity index (χ0n) is 7.94. The molecular formula is C9H22O. The average Bonchev–Trinajstić information content (AvgIpc) is 2.02. The maximum absolute atomic E-state index is 5.22. The molecule has 0 aliphatic carbocycles. The first-order valence-electron chi connectivity index (χ1n) is 4.49. The van der Waals surface area contributed by atoms with Gasteiger partial charge in [0.2, 0.25) is 0 Å². The Bertz CT molecular complexity index is 29.7. The second-order valence-corrected chi connectivity index (χ2v) is 1.97. The third-order valence-corrected chi connectivity index (χ3v) is 0.991. The molecule has 0 aliphatic heterocycles. The number of hydrogen-bond donors (Lipinski definition) is 0. The molecule has 0 unspecified atom stereocenters. The second-order valence-electron chi connectivity index (χ2n) is 1.97. The van der Waals surface area contributed by atoms with Gasteiger partial charge in [-0.05, 0) is 12.8 Å². The van der Waals surface area contributed by atoms with Crippen LogP contribution in [0.15, 0.2) is 0 Å². The van der Waals surface area contributed by atoms with Crippen LogP contribution in [0.25, 0.3) is 0 Å². The lowest BCUT2D eigenvalue weighted by atomic mass is 10.4. The van der Waals surface area contributed by atoms with Crippen molar-refractivity contribution >= 4 is 0 Å². The third kappa shape index (κ3) is 15.7. The summed E-state index contributed by atoms with van der Waals surface area (Å²) in [5.74, 6) is 0. The van der Waals surface area contributed by atoms with E-state index in [1.54, 1.807) is 0 Å². The molecule has 0 spiro atoms. The van der Waals surface area contributed by atoms with Crippen molar-refractivity contribution in [1.29, 1.82) is 0 Å². The molecule has 0 saturated heterocycles. The molecule has 0 rings (SSSR count). The molecular weight excluding hydrogens is 124 g/mol. The number of rotatable bonds is 5. The van der Waals surface area contributed by atoms with Crippen LogP contribution < -0.4 is 0 Å². The molecule has 0 heterocycles. The number of unbranched alkanes of at least 4 members (excludes halogenated alkanes) is 1. The van der Waals surface area contributed by atoms with Gasteiger partial charge in [0.25, 0.3) is 0 Å². The van der Waals surface area contributed by atoms with Gasteiger partial charge in [0, 0.05) is 13.2 Å². The van der Waals surface area contributed by atoms with Crippen LogP contribution in [0.5, 0.6) is 0 Å². The van der Waals surface area contributed by atoms with Gasteiger partial charge in [-0.1, -0.05) is 34.1 Å². The van der Waals surface area contributed by atoms with Gasteiger partial charge in [-0.25, -0.2) is 0 Å². The Morgan fingerprint density at radius 3 is 1.90 bits per heavy atom. The summed E-state index contributed by atoms with van der Waals surface area (Å²) in [6.45, 7) is 10.2. The summed E-state index contributed by atoms with van der Waals surface area (Å²) >= 11 is 0. The highest BCUT2D eigenvalue weighted by atomic mass is 16.5. The van der Waals surface area contributed by atoms with Gasteiger partial charge in [0.1, 0.15) is 0 Å². The summed E-state index contributed by atoms with van der Waals surface area (Å²) in [6, 6.07) is 0. The molecule has 0 atom stereocenters. The van der Waals surface area contributed by atoms with Crippen molar-refractivity contribution in [3.8, 4) is 0 Å². The first-order chi connectivity index (χ1) is 4.91. The summed E-state index contributed by atoms with van der Waals surface area (Å²) < 4.78 is 5.22. The van der Waals surface area contributed by atoms with Crippen LogP contribution in [0.3, 0.4) is 0 Å². The number of ether oxygens (including phenoxy) is 1. The smallest absolute Gasteiger partial charge is 0.0465 e. The molecule has 0 fully saturated rings. The fraction of sp³-hybridized carbons (Fsp3) is 1.00. The van der Waals surface area contributed by atoms with Gasteiger partial charge >= 0.3 is 0 Å². The van der Waals surface area contributed by atoms with Crippen molar-refractivity contribution in [3.05, 3.63) is 0 Å². The van der Waals surface area contributed by atoms with Crippen molar-refractivity contribution in [2.75, 3.05) is 13.2 Å². The molecule has 0 aromatic rings. The van der Waals surface area contributed by atoms with E-state index in [0.717, 1.165) is 19.6 Å². The standard InChI is InChI=1S/C7H16O.C2H6/c1-3-5-7-8-6-4-2;1-2/h3-7H2,1-2H3;1-2H3. The van der Waals surface area contributed by atoms with Crippen LogP contribution in [0.2, 0.25) is 0 Å². The molecule has 64 valence electrons. The first-order valence-corrected chi connectivity index (χ1v) is 4.49. The minimum atomic E-state index is 0.931. The SMILES string of the molecule is CC.CCCCOCCC. The van der Waals surface area contributed by atoms with Crippen LogP contribution in [0, 0.1) is 0 Å². The Labute approximate surface area is 65.8 Å². The number of hydrogen-bond acceptors (Lipinski definition) is 1. The van der Waals surface area contributed by atoms with Gasteiger partial charge in [-0.3, -0.25) is 0 Å². The molecule has 0 N–H and O–H groups in total. The lowest BCUT2D eigenvalue weighted by Gasteiger charge is -1.97. The van der Waals surface area contributed by atoms with E-state index in [0.29, 0.717) is 0 Å². The Balaban J connectivity index is 0. The Morgan fingerprint density at radius 1 is 0.900 bits per heavy atom. The highest BCUT2D eigenvalue weighted by Gasteiger charge is 1.81. The zero-order valence-corrected chi connectivity index (χ0v) is 7.94. The van der Waals surface area contributed by atoms with Crippen LogP contribution in [-0.2, 0) is 4.74 Å². The van der Waals surface area contributed by atoms with Crippen molar-refractivity contribution in [1.82, 2.24) is 0 Å². The van der Waals surface area contributed by atoms with E-state index in [2.05, 4.69) is 13.8 Å². The predicted molar refractivity (Wildman–Crippen MR) is 47.4 cm³/mol. The van der Waals surface area contributed by atoms with Crippen molar-refractivity contribution < 1.29 is 4.74 Å². The van der Waals surface area contributed by atoms with E-state index in [4.69, 9.17) is 4.74 Å². The highest BCUT2D eigenvalue weighted by Crippen LogP contribution is 1.87. The van der Waals surface area contributed by atoms with Gasteiger partial charge in [-0.2, -0.15) is 0 Å². The molecule has 1 nitrogen and oxygen atoms in total. The van der Waals surface area contributed by atoms with Crippen LogP contribution in [0.1, 0.15) is 47.0 Å². The van der Waals surface area contributed by atoms with E-state index in [1.165, 1.54) is 12.8 Å². The topological polar surface area (TPSA) is 9.23 Å². The zero-order chi connectivity index (χ0) is 8.24. The summed E-state index contributed by atoms with van der Waals surface area (Å²) in [4.78, 5) is 0. The molecule has 0 amide bonds. The fourth-order valence-electron chi connectivity index (χ4n) is 0.493. The normalized spacial score (nSPS) is 8.40.